The molecule has 7 heteroatoms. The van der Waals surface area contributed by atoms with Crippen LogP contribution in [-0.4, -0.2) is 75.1 Å². The van der Waals surface area contributed by atoms with Gasteiger partial charge in [0, 0.05) is 6.54 Å². The van der Waals surface area contributed by atoms with Crippen LogP contribution in [0.15, 0.2) is 0 Å². The zero-order valence-electron chi connectivity index (χ0n) is 7.83. The topological polar surface area (TPSA) is 70.4 Å². The lowest BCUT2D eigenvalue weighted by Crippen LogP contribution is -2.58. The maximum absolute atomic E-state index is 9.00. The number of nitrogens with zero attached hydrogens (tertiary/aromatic N) is 3. The van der Waals surface area contributed by atoms with Crippen molar-refractivity contribution < 1.29 is 15.3 Å². The van der Waals surface area contributed by atoms with Crippen LogP contribution in [0, 0.1) is 0 Å². The molecule has 14 heavy (non-hydrogen) atoms. The molecule has 6 nitrogen and oxygen atoms in total. The molecule has 1 fully saturated rings. The average molecular weight is 221 g/mol. The van der Waals surface area contributed by atoms with Crippen LogP contribution in [0.1, 0.15) is 0 Å². The predicted molar refractivity (Wildman–Crippen MR) is 54.0 cm³/mol. The average Bonchev–Trinajstić information content (AvgIpc) is 2.20. The lowest BCUT2D eigenvalue weighted by molar-refractivity contribution is 0.00303. The molecule has 0 unspecified atom stereocenters. The highest BCUT2D eigenvalue weighted by Crippen LogP contribution is 2.08. The van der Waals surface area contributed by atoms with Crippen molar-refractivity contribution in [2.24, 2.45) is 0 Å². The van der Waals surface area contributed by atoms with Crippen LogP contribution >= 0.6 is 12.2 Å². The summed E-state index contributed by atoms with van der Waals surface area (Å²) in [6.45, 7) is 1.13. The number of thiocarbonyl (C=S) groups is 1. The van der Waals surface area contributed by atoms with Gasteiger partial charge in [0.1, 0.15) is 13.5 Å². The fourth-order valence-corrected chi connectivity index (χ4v) is 1.57. The minimum atomic E-state index is -0.183. The van der Waals surface area contributed by atoms with Crippen LogP contribution < -0.4 is 0 Å². The Balaban J connectivity index is 2.58. The molecular weight excluding hydrogens is 206 g/mol. The van der Waals surface area contributed by atoms with E-state index < -0.39 is 0 Å². The molecule has 0 aromatic rings. The smallest absolute Gasteiger partial charge is 0.177 e. The molecule has 0 amide bonds. The first-order valence-electron chi connectivity index (χ1n) is 4.31. The molecule has 0 aromatic carbocycles. The van der Waals surface area contributed by atoms with Crippen molar-refractivity contribution in [3.05, 3.63) is 0 Å². The fourth-order valence-electron chi connectivity index (χ4n) is 1.34. The zero-order valence-corrected chi connectivity index (χ0v) is 8.65. The van der Waals surface area contributed by atoms with Crippen molar-refractivity contribution in [3.63, 3.8) is 0 Å². The first kappa shape index (κ1) is 11.6. The van der Waals surface area contributed by atoms with E-state index in [2.05, 4.69) is 0 Å². The minimum absolute atomic E-state index is 0.0469. The summed E-state index contributed by atoms with van der Waals surface area (Å²) < 4.78 is 0. The van der Waals surface area contributed by atoms with Crippen molar-refractivity contribution in [2.75, 3.05) is 40.0 Å². The van der Waals surface area contributed by atoms with Gasteiger partial charge in [-0.3, -0.25) is 4.90 Å². The summed E-state index contributed by atoms with van der Waals surface area (Å²) in [7, 11) is 0. The fraction of sp³-hybridized carbons (Fsp3) is 0.857. The Hall–Kier alpha value is -0.470. The molecule has 82 valence electrons. The first-order chi connectivity index (χ1) is 6.72. The molecule has 1 heterocycles. The van der Waals surface area contributed by atoms with E-state index >= 15 is 0 Å². The number of hydrogen-bond donors (Lipinski definition) is 3. The molecule has 1 rings (SSSR count). The maximum Gasteiger partial charge on any atom is 0.177 e. The second-order valence-electron chi connectivity index (χ2n) is 3.05. The van der Waals surface area contributed by atoms with Crippen molar-refractivity contribution in [1.29, 1.82) is 0 Å². The van der Waals surface area contributed by atoms with Gasteiger partial charge in [0.2, 0.25) is 0 Å². The molecule has 1 aliphatic rings. The normalized spacial score (nSPS) is 19.2. The Kier molecular flexibility index (Phi) is 4.49. The van der Waals surface area contributed by atoms with Crippen LogP contribution in [0.2, 0.25) is 0 Å². The predicted octanol–water partition coefficient (Wildman–Crippen LogP) is -2.00. The number of aliphatic hydroxyl groups excluding tert-OH is 3. The molecule has 0 spiro atoms. The van der Waals surface area contributed by atoms with Gasteiger partial charge in [-0.2, -0.15) is 0 Å². The van der Waals surface area contributed by atoms with Crippen molar-refractivity contribution in [2.45, 2.75) is 0 Å². The van der Waals surface area contributed by atoms with Gasteiger partial charge >= 0.3 is 0 Å². The van der Waals surface area contributed by atoms with E-state index in [9.17, 15) is 0 Å². The van der Waals surface area contributed by atoms with Gasteiger partial charge in [0.25, 0.3) is 0 Å². The van der Waals surface area contributed by atoms with Crippen LogP contribution in [0.3, 0.4) is 0 Å². The summed E-state index contributed by atoms with van der Waals surface area (Å²) in [5.74, 6) is 0. The van der Waals surface area contributed by atoms with Gasteiger partial charge in [-0.15, -0.1) is 0 Å². The molecule has 0 bridgehead atoms. The summed E-state index contributed by atoms with van der Waals surface area (Å²) in [5.41, 5.74) is 0. The van der Waals surface area contributed by atoms with E-state index in [0.29, 0.717) is 25.0 Å². The Morgan fingerprint density at radius 2 is 1.57 bits per heavy atom. The number of hydrogen-bond acceptors (Lipinski definition) is 5. The third kappa shape index (κ3) is 2.52. The molecular formula is C7H15N3O3S. The standard InChI is InChI=1S/C7H15N3O3S/c11-2-1-8-3-9(5-12)7(14)10(4-8)6-13/h11-13H,1-6H2. The molecule has 3 N–H and O–H groups in total. The van der Waals surface area contributed by atoms with E-state index in [4.69, 9.17) is 27.5 Å². The highest BCUT2D eigenvalue weighted by atomic mass is 32.1. The van der Waals surface area contributed by atoms with Crippen LogP contribution in [0.25, 0.3) is 0 Å². The first-order valence-corrected chi connectivity index (χ1v) is 4.72. The third-order valence-electron chi connectivity index (χ3n) is 2.04. The summed E-state index contributed by atoms with van der Waals surface area (Å²) in [5, 5.41) is 27.2. The van der Waals surface area contributed by atoms with Gasteiger partial charge in [-0.1, -0.05) is 0 Å². The summed E-state index contributed by atoms with van der Waals surface area (Å²) in [6.07, 6.45) is 0. The highest BCUT2D eigenvalue weighted by molar-refractivity contribution is 7.80. The zero-order chi connectivity index (χ0) is 10.6. The SMILES string of the molecule is OCCN1CN(CO)C(=S)N(CO)C1. The van der Waals surface area contributed by atoms with Gasteiger partial charge in [0.05, 0.1) is 19.9 Å². The van der Waals surface area contributed by atoms with E-state index in [-0.39, 0.29) is 20.1 Å². The Morgan fingerprint density at radius 1 is 1.07 bits per heavy atom. The van der Waals surface area contributed by atoms with Crippen LogP contribution in [0.5, 0.6) is 0 Å². The number of rotatable bonds is 4. The third-order valence-corrected chi connectivity index (χ3v) is 2.56. The molecule has 0 atom stereocenters. The van der Waals surface area contributed by atoms with E-state index in [1.807, 2.05) is 4.90 Å². The number of aliphatic hydroxyl groups is 3. The lowest BCUT2D eigenvalue weighted by atomic mass is 10.5. The van der Waals surface area contributed by atoms with Crippen molar-refractivity contribution >= 4 is 17.3 Å². The largest absolute Gasteiger partial charge is 0.395 e. The van der Waals surface area contributed by atoms with Crippen LogP contribution in [-0.2, 0) is 0 Å². The maximum atomic E-state index is 9.00. The molecule has 1 aliphatic heterocycles. The second kappa shape index (κ2) is 5.42. The monoisotopic (exact) mass is 221 g/mol. The molecule has 0 aromatic heterocycles. The number of β-amino-alcohol motifs (C(OH)–C–C–N with tert-alkyl or cyclic N) is 1. The van der Waals surface area contributed by atoms with Gasteiger partial charge in [0.15, 0.2) is 5.11 Å². The van der Waals surface area contributed by atoms with Gasteiger partial charge in [-0.05, 0) is 12.2 Å². The second-order valence-corrected chi connectivity index (χ2v) is 3.41. The van der Waals surface area contributed by atoms with Gasteiger partial charge in [-0.25, -0.2) is 0 Å². The Labute approximate surface area is 87.9 Å². The summed E-state index contributed by atoms with van der Waals surface area (Å²) in [4.78, 5) is 4.97. The van der Waals surface area contributed by atoms with Crippen molar-refractivity contribution in [1.82, 2.24) is 14.7 Å². The molecule has 0 radical (unpaired) electrons. The Bertz CT molecular complexity index is 189. The van der Waals surface area contributed by atoms with Gasteiger partial charge < -0.3 is 25.1 Å². The quantitative estimate of drug-likeness (QED) is 0.474. The summed E-state index contributed by atoms with van der Waals surface area (Å²) in [6, 6.07) is 0. The van der Waals surface area contributed by atoms with E-state index in [0.717, 1.165) is 0 Å². The molecule has 0 saturated carbocycles. The Morgan fingerprint density at radius 3 is 1.93 bits per heavy atom. The molecule has 0 aliphatic carbocycles. The summed E-state index contributed by atoms with van der Waals surface area (Å²) >= 11 is 5.03. The van der Waals surface area contributed by atoms with E-state index in [1.54, 1.807) is 9.80 Å². The lowest BCUT2D eigenvalue weighted by Gasteiger charge is -2.42. The van der Waals surface area contributed by atoms with E-state index in [1.165, 1.54) is 0 Å². The minimum Gasteiger partial charge on any atom is -0.395 e. The van der Waals surface area contributed by atoms with Crippen molar-refractivity contribution in [3.8, 4) is 0 Å². The van der Waals surface area contributed by atoms with Crippen LogP contribution in [0.4, 0.5) is 0 Å². The highest BCUT2D eigenvalue weighted by Gasteiger charge is 2.25. The molecule has 1 saturated heterocycles.